The third-order valence-corrected chi connectivity index (χ3v) is 26.5. The fraction of sp³-hybridized carbons (Fsp3) is 0.957. The van der Waals surface area contributed by atoms with Crippen LogP contribution in [0.15, 0.2) is 11.6 Å². The van der Waals surface area contributed by atoms with Gasteiger partial charge in [-0.25, -0.2) is 0 Å². The van der Waals surface area contributed by atoms with Gasteiger partial charge >= 0.3 is 5.97 Å². The molecule has 0 amide bonds. The number of hydrogen-bond acceptors (Lipinski definition) is 34. The molecule has 11 fully saturated rings. The molecule has 0 aromatic rings. The van der Waals surface area contributed by atoms with E-state index in [1.165, 1.54) is 13.8 Å². The van der Waals surface area contributed by atoms with Gasteiger partial charge in [-0.3, -0.25) is 4.79 Å². The normalized spacial score (nSPS) is 55.1. The highest BCUT2D eigenvalue weighted by molar-refractivity contribution is 5.80. The summed E-state index contributed by atoms with van der Waals surface area (Å²) in [5.74, 6) is -1.60. The lowest BCUT2D eigenvalue weighted by Gasteiger charge is -2.71. The van der Waals surface area contributed by atoms with Crippen LogP contribution in [0.1, 0.15) is 120 Å². The molecule has 5 aliphatic carbocycles. The SMILES string of the molecule is C[C@@H]1O[C@@H](OC[C@H]2O[C@@H](OC(=O)[C@]34CCC(C)(C)C[C@H]3C3=CC[C@@H]5[C@@]6(C)CC[C@H](O[C@@H]7O[C@H](CO[C@@H]8OC[C@H](O)[C@H](O)[C@H]8O[C@@H]8OC[C@@H](O)[C@H](O)[C@H]8O)[C@@H](O)[C@H](O)[C@H]7O)C(C)(C)[C@@H]6CC[C@@]5(C)[C@]3(C)C[C@H]4O)[C@H](O[C@@H]3O[C@@H](C)[C@H](O[C@@H]4OC[C@@H](O)[C@H](O)[C@H]4O)[C@@H](O)[C@H]3O)[C@@H](O)[C@@H]2O)[C@H](O)[C@H](O)[C@H]1O. The van der Waals surface area contributed by atoms with Crippen molar-refractivity contribution in [2.24, 2.45) is 50.2 Å². The highest BCUT2D eigenvalue weighted by Crippen LogP contribution is 2.76. The molecule has 34 heteroatoms. The molecule has 7 saturated heterocycles. The summed E-state index contributed by atoms with van der Waals surface area (Å²) >= 11 is 0. The summed E-state index contributed by atoms with van der Waals surface area (Å²) in [6.07, 6.45) is -48.5. The van der Waals surface area contributed by atoms with Gasteiger partial charge in [-0.05, 0) is 116 Å². The monoisotopic (exact) mass is 1480 g/mol. The minimum absolute atomic E-state index is 0.00291. The fourth-order valence-corrected chi connectivity index (χ4v) is 19.9. The quantitative estimate of drug-likeness (QED) is 0.0389. The summed E-state index contributed by atoms with van der Waals surface area (Å²) in [5.41, 5.74) is -3.32. The van der Waals surface area contributed by atoms with Gasteiger partial charge in [-0.15, -0.1) is 0 Å². The Morgan fingerprint density at radius 1 is 0.447 bits per heavy atom. The Kier molecular flexibility index (Phi) is 23.6. The number of fused-ring (bicyclic) bond motifs is 7. The van der Waals surface area contributed by atoms with Crippen LogP contribution in [0.3, 0.4) is 0 Å². The summed E-state index contributed by atoms with van der Waals surface area (Å²) in [5, 5.41) is 210. The second-order valence-electron chi connectivity index (χ2n) is 33.5. The van der Waals surface area contributed by atoms with Crippen LogP contribution in [-0.2, 0) is 71.1 Å². The summed E-state index contributed by atoms with van der Waals surface area (Å²) in [7, 11) is 0. The zero-order valence-corrected chi connectivity index (χ0v) is 59.5. The highest BCUT2D eigenvalue weighted by Gasteiger charge is 2.73. The first-order valence-corrected chi connectivity index (χ1v) is 36.4. The van der Waals surface area contributed by atoms with E-state index < -0.39 is 275 Å². The molecule has 0 spiro atoms. The van der Waals surface area contributed by atoms with E-state index in [4.69, 9.17) is 66.3 Å². The van der Waals surface area contributed by atoms with E-state index in [1.807, 2.05) is 0 Å². The van der Waals surface area contributed by atoms with Crippen LogP contribution in [0.2, 0.25) is 0 Å². The number of allylic oxidation sites excluding steroid dienone is 2. The van der Waals surface area contributed by atoms with Gasteiger partial charge in [-0.1, -0.05) is 60.1 Å². The second-order valence-corrected chi connectivity index (χ2v) is 33.5. The Balaban J connectivity index is 0.767. The lowest BCUT2D eigenvalue weighted by atomic mass is 9.33. The van der Waals surface area contributed by atoms with Gasteiger partial charge in [0.05, 0.1) is 57.5 Å². The topological polar surface area (TPSA) is 531 Å². The van der Waals surface area contributed by atoms with Crippen molar-refractivity contribution in [2.75, 3.05) is 33.0 Å². The second kappa shape index (κ2) is 30.2. The van der Waals surface area contributed by atoms with Gasteiger partial charge in [0.15, 0.2) is 43.8 Å². The zero-order chi connectivity index (χ0) is 75.0. The van der Waals surface area contributed by atoms with Crippen molar-refractivity contribution < 1.29 is 168 Å². The Labute approximate surface area is 596 Å². The van der Waals surface area contributed by atoms with Crippen LogP contribution in [-0.4, -0.2) is 345 Å². The largest absolute Gasteiger partial charge is 0.432 e. The highest BCUT2D eigenvalue weighted by atomic mass is 16.8. The first kappa shape index (κ1) is 80.4. The number of ether oxygens (including phenoxy) is 14. The smallest absolute Gasteiger partial charge is 0.317 e. The number of aliphatic hydroxyl groups is 19. The Hall–Kier alpha value is -2.07. The third-order valence-electron chi connectivity index (χ3n) is 26.5. The fourth-order valence-electron chi connectivity index (χ4n) is 19.9. The molecule has 7 aliphatic heterocycles. The van der Waals surface area contributed by atoms with E-state index in [9.17, 15) is 97.0 Å². The number of aliphatic hydroxyl groups excluding tert-OH is 19. The lowest BCUT2D eigenvalue weighted by Crippen LogP contribution is -2.69. The standard InChI is InChI=1S/C69H112O34/c1-25-38(74)44(80)50(86)56(95-25)93-23-33-43(79)46(82)55(102-59-52(88)47(83)53(26(2)96-59)100-57-48(84)39(75)29(70)20-90-57)62(98-33)103-63(89)69-17-16-64(3,4)18-28(69)27-10-11-35-66(7)14-13-37(65(5,6)34(66)12-15-67(35,8)68(27,9)19-36(69)73)99-60-51(87)45(81)42(78)32(97-60)24-94-61-54(41(77)31(72)22-92-61)101-58-49(85)40(76)30(71)21-91-58/h10,25-26,28-62,70-88H,11-24H2,1-9H3/t25-,26-,28-,29+,30+,31-,32+,33+,34-,35+,36+,37-,38-,39-,40-,41-,42+,43+,44+,45-,46-,47-,48+,49+,50+,51+,52+,53-,54+,55+,56+,57-,58-,59-,60-,61-,62-,66-,67+,68+,69+/m0/s1. The molecule has 41 atom stereocenters. The van der Waals surface area contributed by atoms with Crippen LogP contribution in [0.5, 0.6) is 0 Å². The summed E-state index contributed by atoms with van der Waals surface area (Å²) in [6, 6.07) is 0. The number of hydrogen-bond donors (Lipinski definition) is 19. The average Bonchev–Trinajstić information content (AvgIpc) is 0.671. The third kappa shape index (κ3) is 14.2. The van der Waals surface area contributed by atoms with E-state index in [0.717, 1.165) is 5.57 Å². The molecular formula is C69H112O34. The minimum Gasteiger partial charge on any atom is -0.432 e. The van der Waals surface area contributed by atoms with E-state index in [2.05, 4.69) is 54.5 Å². The molecule has 12 rings (SSSR count). The average molecular weight is 1490 g/mol. The van der Waals surface area contributed by atoms with Crippen LogP contribution in [0, 0.1) is 50.2 Å². The van der Waals surface area contributed by atoms with E-state index >= 15 is 4.79 Å². The summed E-state index contributed by atoms with van der Waals surface area (Å²) in [4.78, 5) is 16.0. The number of carbonyl (C=O) groups excluding carboxylic acids is 1. The van der Waals surface area contributed by atoms with Crippen molar-refractivity contribution in [3.63, 3.8) is 0 Å². The maximum atomic E-state index is 16.0. The molecule has 592 valence electrons. The van der Waals surface area contributed by atoms with Gasteiger partial charge in [-0.2, -0.15) is 0 Å². The van der Waals surface area contributed by atoms with Gasteiger partial charge < -0.3 is 163 Å². The number of rotatable bonds is 16. The molecule has 4 saturated carbocycles. The molecule has 0 radical (unpaired) electrons. The Morgan fingerprint density at radius 3 is 1.56 bits per heavy atom. The molecule has 19 N–H and O–H groups in total. The molecule has 7 heterocycles. The van der Waals surface area contributed by atoms with Gasteiger partial charge in [0.25, 0.3) is 0 Å². The molecule has 103 heavy (non-hydrogen) atoms. The van der Waals surface area contributed by atoms with Crippen molar-refractivity contribution in [3.8, 4) is 0 Å². The lowest BCUT2D eigenvalue weighted by molar-refractivity contribution is -0.377. The molecule has 0 bridgehead atoms. The maximum Gasteiger partial charge on any atom is 0.317 e. The number of esters is 1. The molecule has 12 aliphatic rings. The van der Waals surface area contributed by atoms with Gasteiger partial charge in [0.2, 0.25) is 6.29 Å². The molecule has 0 aromatic carbocycles. The van der Waals surface area contributed by atoms with Crippen molar-refractivity contribution in [3.05, 3.63) is 11.6 Å². The minimum atomic E-state index is -2.07. The first-order chi connectivity index (χ1) is 48.2. The molecule has 0 aromatic heterocycles. The predicted molar refractivity (Wildman–Crippen MR) is 341 cm³/mol. The van der Waals surface area contributed by atoms with E-state index in [1.54, 1.807) is 0 Å². The van der Waals surface area contributed by atoms with E-state index in [0.29, 0.717) is 44.9 Å². The van der Waals surface area contributed by atoms with Crippen LogP contribution >= 0.6 is 0 Å². The maximum absolute atomic E-state index is 16.0. The van der Waals surface area contributed by atoms with Crippen molar-refractivity contribution in [1.29, 1.82) is 0 Å². The van der Waals surface area contributed by atoms with Crippen molar-refractivity contribution in [1.82, 2.24) is 0 Å². The van der Waals surface area contributed by atoms with Crippen molar-refractivity contribution in [2.45, 2.75) is 329 Å². The van der Waals surface area contributed by atoms with Crippen molar-refractivity contribution >= 4 is 5.97 Å². The summed E-state index contributed by atoms with van der Waals surface area (Å²) in [6.45, 7) is 15.5. The van der Waals surface area contributed by atoms with E-state index in [-0.39, 0.29) is 35.5 Å². The first-order valence-electron chi connectivity index (χ1n) is 36.4. The van der Waals surface area contributed by atoms with Gasteiger partial charge in [0.1, 0.15) is 140 Å². The molecule has 34 nitrogen and oxygen atoms in total. The van der Waals surface area contributed by atoms with Gasteiger partial charge in [0, 0.05) is 0 Å². The predicted octanol–water partition coefficient (Wildman–Crippen LogP) is -5.62. The number of carbonyl (C=O) groups is 1. The molecular weight excluding hydrogens is 1370 g/mol. The molecule has 0 unspecified atom stereocenters. The zero-order valence-electron chi connectivity index (χ0n) is 59.5. The van der Waals surface area contributed by atoms with Crippen LogP contribution < -0.4 is 0 Å². The summed E-state index contributed by atoms with van der Waals surface area (Å²) < 4.78 is 83.4. The Morgan fingerprint density at radius 2 is 0.932 bits per heavy atom. The van der Waals surface area contributed by atoms with Crippen LogP contribution in [0.25, 0.3) is 0 Å². The Bertz CT molecular complexity index is 2930. The van der Waals surface area contributed by atoms with Crippen LogP contribution in [0.4, 0.5) is 0 Å².